The Balaban J connectivity index is 1.31. The largest absolute Gasteiger partial charge is 0.486 e. The minimum absolute atomic E-state index is 0.144. The van der Waals surface area contributed by atoms with E-state index in [2.05, 4.69) is 10.3 Å². The summed E-state index contributed by atoms with van der Waals surface area (Å²) in [4.78, 5) is 17.3. The van der Waals surface area contributed by atoms with Crippen molar-refractivity contribution in [1.29, 1.82) is 0 Å². The molecule has 1 N–H and O–H groups in total. The lowest BCUT2D eigenvalue weighted by Crippen LogP contribution is -2.48. The smallest absolute Gasteiger partial charge is 0.257 e. The van der Waals surface area contributed by atoms with Crippen molar-refractivity contribution in [3.63, 3.8) is 0 Å². The molecule has 2 aliphatic heterocycles. The number of morpholine rings is 1. The summed E-state index contributed by atoms with van der Waals surface area (Å²) < 4.78 is 45.1. The van der Waals surface area contributed by atoms with Gasteiger partial charge in [0, 0.05) is 30.8 Å². The number of sulfonamides is 1. The lowest BCUT2D eigenvalue weighted by atomic mass is 10.2. The molecule has 33 heavy (non-hydrogen) atoms. The average molecular weight is 490 g/mol. The van der Waals surface area contributed by atoms with Gasteiger partial charge < -0.3 is 14.2 Å². The third-order valence-electron chi connectivity index (χ3n) is 5.41. The summed E-state index contributed by atoms with van der Waals surface area (Å²) in [6, 6.07) is 9.56. The highest BCUT2D eigenvalue weighted by atomic mass is 32.2. The molecule has 2 atom stereocenters. The predicted molar refractivity (Wildman–Crippen MR) is 124 cm³/mol. The molecule has 11 heteroatoms. The quantitative estimate of drug-likeness (QED) is 0.600. The average Bonchev–Trinajstić information content (AvgIpc) is 3.17. The van der Waals surface area contributed by atoms with Crippen LogP contribution in [-0.2, 0) is 14.8 Å². The van der Waals surface area contributed by atoms with E-state index in [0.29, 0.717) is 54.0 Å². The van der Waals surface area contributed by atoms with Crippen molar-refractivity contribution in [2.75, 3.05) is 31.6 Å². The number of ether oxygens (including phenoxy) is 3. The Kier molecular flexibility index (Phi) is 5.73. The molecule has 1 amide bonds. The van der Waals surface area contributed by atoms with Crippen molar-refractivity contribution >= 4 is 42.6 Å². The van der Waals surface area contributed by atoms with E-state index in [1.165, 1.54) is 39.9 Å². The Bertz CT molecular complexity index is 1250. The van der Waals surface area contributed by atoms with Crippen LogP contribution in [0, 0.1) is 0 Å². The second-order valence-electron chi connectivity index (χ2n) is 8.04. The van der Waals surface area contributed by atoms with Crippen molar-refractivity contribution in [2.45, 2.75) is 31.0 Å². The topological polar surface area (TPSA) is 107 Å². The van der Waals surface area contributed by atoms with Gasteiger partial charge in [0.05, 0.1) is 27.3 Å². The molecule has 1 saturated heterocycles. The van der Waals surface area contributed by atoms with Gasteiger partial charge in [-0.3, -0.25) is 10.1 Å². The number of rotatable bonds is 4. The van der Waals surface area contributed by atoms with Gasteiger partial charge in [-0.1, -0.05) is 11.3 Å². The number of aromatic nitrogens is 1. The SMILES string of the molecule is CC1CN(S(=O)(=O)c2ccc(C(=O)Nc3nc4cc5c(cc4s3)OCCO5)cc2)CC(C)O1. The van der Waals surface area contributed by atoms with Crippen molar-refractivity contribution in [1.82, 2.24) is 9.29 Å². The van der Waals surface area contributed by atoms with Crippen LogP contribution in [0.5, 0.6) is 11.5 Å². The predicted octanol–water partition coefficient (Wildman–Crippen LogP) is 3.12. The number of hydrogen-bond donors (Lipinski definition) is 1. The zero-order chi connectivity index (χ0) is 23.2. The normalized spacial score (nSPS) is 21.2. The summed E-state index contributed by atoms with van der Waals surface area (Å²) in [6.07, 6.45) is -0.350. The number of nitrogens with one attached hydrogen (secondary N) is 1. The van der Waals surface area contributed by atoms with E-state index in [1.54, 1.807) is 6.07 Å². The lowest BCUT2D eigenvalue weighted by molar-refractivity contribution is -0.0440. The fourth-order valence-electron chi connectivity index (χ4n) is 3.94. The summed E-state index contributed by atoms with van der Waals surface area (Å²) in [5, 5.41) is 3.22. The minimum Gasteiger partial charge on any atom is -0.486 e. The summed E-state index contributed by atoms with van der Waals surface area (Å²) in [6.45, 7) is 5.28. The summed E-state index contributed by atoms with van der Waals surface area (Å²) in [5.41, 5.74) is 1.04. The van der Waals surface area contributed by atoms with Gasteiger partial charge in [-0.2, -0.15) is 4.31 Å². The Morgan fingerprint density at radius 2 is 1.70 bits per heavy atom. The van der Waals surface area contributed by atoms with Crippen LogP contribution in [0.1, 0.15) is 24.2 Å². The molecule has 3 aromatic rings. The van der Waals surface area contributed by atoms with Crippen LogP contribution in [-0.4, -0.2) is 62.1 Å². The van der Waals surface area contributed by atoms with Gasteiger partial charge in [0.1, 0.15) is 13.2 Å². The third kappa shape index (κ3) is 4.41. The number of carbonyl (C=O) groups is 1. The number of nitrogens with zero attached hydrogens (tertiary/aromatic N) is 2. The fourth-order valence-corrected chi connectivity index (χ4v) is 6.40. The van der Waals surface area contributed by atoms with Crippen LogP contribution in [0.15, 0.2) is 41.3 Å². The first-order valence-corrected chi connectivity index (χ1v) is 12.8. The number of carbonyl (C=O) groups excluding carboxylic acids is 1. The van der Waals surface area contributed by atoms with E-state index in [-0.39, 0.29) is 23.0 Å². The summed E-state index contributed by atoms with van der Waals surface area (Å²) in [5.74, 6) is 0.929. The van der Waals surface area contributed by atoms with E-state index >= 15 is 0 Å². The highest BCUT2D eigenvalue weighted by Crippen LogP contribution is 2.38. The molecule has 1 aromatic heterocycles. The first kappa shape index (κ1) is 22.1. The van der Waals surface area contributed by atoms with Crippen molar-refractivity contribution in [3.05, 3.63) is 42.0 Å². The monoisotopic (exact) mass is 489 g/mol. The molecule has 0 saturated carbocycles. The Labute approximate surface area is 195 Å². The fraction of sp³-hybridized carbons (Fsp3) is 0.364. The number of amides is 1. The Hall–Kier alpha value is -2.73. The molecule has 2 aromatic carbocycles. The van der Waals surface area contributed by atoms with E-state index in [1.807, 2.05) is 19.9 Å². The molecule has 174 valence electrons. The van der Waals surface area contributed by atoms with Gasteiger partial charge in [-0.05, 0) is 38.1 Å². The minimum atomic E-state index is -3.67. The number of benzene rings is 2. The maximum atomic E-state index is 13.0. The van der Waals surface area contributed by atoms with Crippen molar-refractivity contribution in [3.8, 4) is 11.5 Å². The van der Waals surface area contributed by atoms with Crippen LogP contribution >= 0.6 is 11.3 Å². The first-order valence-electron chi connectivity index (χ1n) is 10.6. The molecule has 3 heterocycles. The second kappa shape index (κ2) is 8.56. The summed E-state index contributed by atoms with van der Waals surface area (Å²) in [7, 11) is -3.67. The van der Waals surface area contributed by atoms with Gasteiger partial charge in [-0.15, -0.1) is 0 Å². The van der Waals surface area contributed by atoms with E-state index in [9.17, 15) is 13.2 Å². The number of thiazole rings is 1. The number of anilines is 1. The molecule has 9 nitrogen and oxygen atoms in total. The number of hydrogen-bond acceptors (Lipinski definition) is 8. The highest BCUT2D eigenvalue weighted by Gasteiger charge is 2.32. The Morgan fingerprint density at radius 1 is 1.06 bits per heavy atom. The molecule has 1 fully saturated rings. The third-order valence-corrected chi connectivity index (χ3v) is 8.19. The Morgan fingerprint density at radius 3 is 2.36 bits per heavy atom. The second-order valence-corrected chi connectivity index (χ2v) is 11.0. The van der Waals surface area contributed by atoms with Crippen LogP contribution in [0.2, 0.25) is 0 Å². The molecule has 0 spiro atoms. The van der Waals surface area contributed by atoms with Crippen LogP contribution in [0.25, 0.3) is 10.2 Å². The van der Waals surface area contributed by atoms with E-state index in [4.69, 9.17) is 14.2 Å². The van der Waals surface area contributed by atoms with Crippen LogP contribution in [0.3, 0.4) is 0 Å². The van der Waals surface area contributed by atoms with Crippen LogP contribution < -0.4 is 14.8 Å². The highest BCUT2D eigenvalue weighted by molar-refractivity contribution is 7.89. The first-order chi connectivity index (χ1) is 15.8. The zero-order valence-electron chi connectivity index (χ0n) is 18.1. The van der Waals surface area contributed by atoms with Crippen molar-refractivity contribution < 1.29 is 27.4 Å². The van der Waals surface area contributed by atoms with E-state index < -0.39 is 10.0 Å². The molecule has 0 bridgehead atoms. The molecule has 0 radical (unpaired) electrons. The van der Waals surface area contributed by atoms with Crippen LogP contribution in [0.4, 0.5) is 5.13 Å². The zero-order valence-corrected chi connectivity index (χ0v) is 19.7. The molecule has 2 unspecified atom stereocenters. The summed E-state index contributed by atoms with van der Waals surface area (Å²) >= 11 is 1.33. The van der Waals surface area contributed by atoms with Gasteiger partial charge in [0.2, 0.25) is 10.0 Å². The molecular formula is C22H23N3O6S2. The van der Waals surface area contributed by atoms with Gasteiger partial charge in [0.15, 0.2) is 16.6 Å². The molecule has 0 aliphatic carbocycles. The maximum Gasteiger partial charge on any atom is 0.257 e. The molecular weight excluding hydrogens is 466 g/mol. The molecule has 2 aliphatic rings. The maximum absolute atomic E-state index is 13.0. The van der Waals surface area contributed by atoms with Crippen molar-refractivity contribution in [2.24, 2.45) is 0 Å². The van der Waals surface area contributed by atoms with Gasteiger partial charge in [0.25, 0.3) is 5.91 Å². The number of fused-ring (bicyclic) bond motifs is 2. The van der Waals surface area contributed by atoms with E-state index in [0.717, 1.165) is 4.70 Å². The molecule has 5 rings (SSSR count). The van der Waals surface area contributed by atoms with Gasteiger partial charge in [-0.25, -0.2) is 13.4 Å². The standard InChI is InChI=1S/C22H23N3O6S2/c1-13-11-25(12-14(2)31-13)33(27,28)16-5-3-15(4-6-16)21(26)24-22-23-17-9-18-19(10-20(17)32-22)30-8-7-29-18/h3-6,9-10,13-14H,7-8,11-12H2,1-2H3,(H,23,24,26). The lowest BCUT2D eigenvalue weighted by Gasteiger charge is -2.34. The van der Waals surface area contributed by atoms with Gasteiger partial charge >= 0.3 is 0 Å².